The Morgan fingerprint density at radius 1 is 0.900 bits per heavy atom. The van der Waals surface area contributed by atoms with Gasteiger partial charge in [0.1, 0.15) is 0 Å². The van der Waals surface area contributed by atoms with Crippen LogP contribution in [0.3, 0.4) is 0 Å². The molecule has 0 spiro atoms. The van der Waals surface area contributed by atoms with Gasteiger partial charge in [-0.15, -0.1) is 12.4 Å². The summed E-state index contributed by atoms with van der Waals surface area (Å²) in [5.74, 6) is -0.177. The molecule has 4 aromatic rings. The minimum absolute atomic E-state index is 0. The van der Waals surface area contributed by atoms with E-state index in [1.807, 2.05) is 48.5 Å². The second kappa shape index (κ2) is 9.60. The fourth-order valence-electron chi connectivity index (χ4n) is 3.23. The number of rotatable bonds is 6. The van der Waals surface area contributed by atoms with Gasteiger partial charge in [0, 0.05) is 40.0 Å². The van der Waals surface area contributed by atoms with Crippen molar-refractivity contribution in [1.82, 2.24) is 10.3 Å². The van der Waals surface area contributed by atoms with Crippen LogP contribution in [0.5, 0.6) is 0 Å². The molecule has 0 aliphatic heterocycles. The molecule has 0 aliphatic carbocycles. The largest absolute Gasteiger partial charge is 0.382 e. The predicted molar refractivity (Wildman–Crippen MR) is 123 cm³/mol. The van der Waals surface area contributed by atoms with Crippen LogP contribution < -0.4 is 10.6 Å². The lowest BCUT2D eigenvalue weighted by Crippen LogP contribution is -2.28. The van der Waals surface area contributed by atoms with Crippen molar-refractivity contribution in [2.45, 2.75) is 0 Å². The summed E-state index contributed by atoms with van der Waals surface area (Å²) in [4.78, 5) is 19.7. The summed E-state index contributed by atoms with van der Waals surface area (Å²) in [6, 6.07) is 22.5. The van der Waals surface area contributed by atoms with Crippen molar-refractivity contribution in [3.8, 4) is 0 Å². The van der Waals surface area contributed by atoms with Gasteiger partial charge in [0.15, 0.2) is 0 Å². The number of para-hydroxylation sites is 2. The molecule has 4 rings (SSSR count). The monoisotopic (exact) mass is 418 g/mol. The molecule has 0 saturated heterocycles. The maximum Gasteiger partial charge on any atom is 0.251 e. The molecule has 8 heteroatoms. The summed E-state index contributed by atoms with van der Waals surface area (Å²) >= 11 is 0. The zero-order valence-electron chi connectivity index (χ0n) is 15.9. The lowest BCUT2D eigenvalue weighted by Gasteiger charge is -2.13. The van der Waals surface area contributed by atoms with Gasteiger partial charge in [0.25, 0.3) is 5.91 Å². The van der Waals surface area contributed by atoms with Crippen LogP contribution in [0.4, 0.5) is 11.4 Å². The number of fused-ring (bicyclic) bond motifs is 2. The van der Waals surface area contributed by atoms with E-state index < -0.39 is 0 Å². The first-order valence-electron chi connectivity index (χ1n) is 9.21. The zero-order chi connectivity index (χ0) is 20.1. The minimum atomic E-state index is -0.177. The third-order valence-electron chi connectivity index (χ3n) is 4.59. The third-order valence-corrected chi connectivity index (χ3v) is 4.59. The normalized spacial score (nSPS) is 10.1. The summed E-state index contributed by atoms with van der Waals surface area (Å²) in [6.45, 7) is 1.03. The molecular weight excluding hydrogens is 400 g/mol. The summed E-state index contributed by atoms with van der Waals surface area (Å²) in [5.41, 5.74) is 12.3. The van der Waals surface area contributed by atoms with Crippen LogP contribution in [0.1, 0.15) is 10.4 Å². The topological polar surface area (TPSA) is 103 Å². The molecule has 1 aromatic heterocycles. The van der Waals surface area contributed by atoms with Gasteiger partial charge in [-0.2, -0.15) is 0 Å². The first kappa shape index (κ1) is 20.9. The molecule has 1 heterocycles. The van der Waals surface area contributed by atoms with Crippen molar-refractivity contribution < 1.29 is 4.79 Å². The number of azide groups is 1. The average Bonchev–Trinajstić information content (AvgIpc) is 2.76. The van der Waals surface area contributed by atoms with Crippen LogP contribution >= 0.6 is 12.4 Å². The molecule has 1 amide bonds. The zero-order valence-corrected chi connectivity index (χ0v) is 16.8. The second-order valence-electron chi connectivity index (χ2n) is 6.44. The van der Waals surface area contributed by atoms with Gasteiger partial charge in [-0.1, -0.05) is 53.6 Å². The fraction of sp³-hybridized carbons (Fsp3) is 0.0909. The van der Waals surface area contributed by atoms with Crippen molar-refractivity contribution in [2.75, 3.05) is 18.4 Å². The van der Waals surface area contributed by atoms with Gasteiger partial charge in [0.05, 0.1) is 16.7 Å². The van der Waals surface area contributed by atoms with E-state index in [2.05, 4.69) is 20.7 Å². The van der Waals surface area contributed by atoms with Gasteiger partial charge in [0.2, 0.25) is 0 Å². The molecule has 0 aliphatic rings. The van der Waals surface area contributed by atoms with Crippen molar-refractivity contribution in [3.05, 3.63) is 88.8 Å². The van der Waals surface area contributed by atoms with Crippen LogP contribution in [0, 0.1) is 0 Å². The Morgan fingerprint density at radius 3 is 2.10 bits per heavy atom. The van der Waals surface area contributed by atoms with Gasteiger partial charge >= 0.3 is 0 Å². The van der Waals surface area contributed by atoms with Gasteiger partial charge in [-0.3, -0.25) is 4.79 Å². The Kier molecular flexibility index (Phi) is 6.70. The maximum absolute atomic E-state index is 12.3. The molecule has 0 fully saturated rings. The van der Waals surface area contributed by atoms with Crippen LogP contribution in [-0.4, -0.2) is 24.0 Å². The quantitative estimate of drug-likeness (QED) is 0.140. The number of carbonyl (C=O) groups excluding carboxylic acids is 1. The standard InChI is InChI=1S/C22H18N6O.ClH/c23-28-27-16-11-9-15(10-12-16)22(29)25-14-13-24-21-17-5-1-3-7-19(17)26-20-8-4-2-6-18(20)21;/h1-12H,13-14H2,(H,24,26)(H,25,29);1H. The number of nitrogens with one attached hydrogen (secondary N) is 2. The number of hydrogen-bond acceptors (Lipinski definition) is 4. The molecule has 0 radical (unpaired) electrons. The Balaban J connectivity index is 0.00000256. The fourth-order valence-corrected chi connectivity index (χ4v) is 3.23. The SMILES string of the molecule is Cl.[N-]=[N+]=Nc1ccc(C(=O)NCCNc2c3ccccc3nc3ccccc23)cc1. The summed E-state index contributed by atoms with van der Waals surface area (Å²) in [7, 11) is 0. The molecular formula is C22H19ClN6O. The Morgan fingerprint density at radius 2 is 1.50 bits per heavy atom. The van der Waals surface area contributed by atoms with Crippen LogP contribution in [0.15, 0.2) is 77.9 Å². The number of benzene rings is 3. The van der Waals surface area contributed by atoms with E-state index in [0.717, 1.165) is 27.5 Å². The average molecular weight is 419 g/mol. The number of hydrogen-bond donors (Lipinski definition) is 2. The van der Waals surface area contributed by atoms with E-state index >= 15 is 0 Å². The summed E-state index contributed by atoms with van der Waals surface area (Å²) in [6.07, 6.45) is 0. The second-order valence-corrected chi connectivity index (χ2v) is 6.44. The molecule has 0 unspecified atom stereocenters. The highest BCUT2D eigenvalue weighted by Crippen LogP contribution is 2.30. The van der Waals surface area contributed by atoms with Crippen LogP contribution in [0.25, 0.3) is 32.2 Å². The van der Waals surface area contributed by atoms with Crippen molar-refractivity contribution >= 4 is 51.5 Å². The third kappa shape index (κ3) is 4.43. The lowest BCUT2D eigenvalue weighted by atomic mass is 10.1. The number of halogens is 1. The highest BCUT2D eigenvalue weighted by Gasteiger charge is 2.09. The highest BCUT2D eigenvalue weighted by atomic mass is 35.5. The number of nitrogens with zero attached hydrogens (tertiary/aromatic N) is 4. The van der Waals surface area contributed by atoms with E-state index in [9.17, 15) is 4.79 Å². The molecule has 0 saturated carbocycles. The smallest absolute Gasteiger partial charge is 0.251 e. The molecule has 0 atom stereocenters. The van der Waals surface area contributed by atoms with E-state index in [0.29, 0.717) is 24.3 Å². The first-order valence-corrected chi connectivity index (χ1v) is 9.21. The van der Waals surface area contributed by atoms with E-state index in [1.54, 1.807) is 24.3 Å². The Labute approximate surface area is 179 Å². The van der Waals surface area contributed by atoms with Crippen molar-refractivity contribution in [3.63, 3.8) is 0 Å². The van der Waals surface area contributed by atoms with Crippen LogP contribution in [-0.2, 0) is 0 Å². The number of amides is 1. The Hall–Kier alpha value is -3.80. The number of anilines is 1. The molecule has 30 heavy (non-hydrogen) atoms. The summed E-state index contributed by atoms with van der Waals surface area (Å²) in [5, 5.41) is 11.9. The van der Waals surface area contributed by atoms with E-state index in [1.165, 1.54) is 0 Å². The Bertz CT molecular complexity index is 1180. The highest BCUT2D eigenvalue weighted by molar-refractivity contribution is 6.07. The summed E-state index contributed by atoms with van der Waals surface area (Å²) < 4.78 is 0. The molecule has 3 aromatic carbocycles. The minimum Gasteiger partial charge on any atom is -0.382 e. The maximum atomic E-state index is 12.3. The molecule has 150 valence electrons. The number of pyridine rings is 1. The number of aromatic nitrogens is 1. The molecule has 2 N–H and O–H groups in total. The van der Waals surface area contributed by atoms with E-state index in [4.69, 9.17) is 10.5 Å². The number of carbonyl (C=O) groups is 1. The van der Waals surface area contributed by atoms with Crippen LogP contribution in [0.2, 0.25) is 0 Å². The molecule has 0 bridgehead atoms. The predicted octanol–water partition coefficient (Wildman–Crippen LogP) is 5.59. The van der Waals surface area contributed by atoms with Gasteiger partial charge in [-0.05, 0) is 29.8 Å². The lowest BCUT2D eigenvalue weighted by molar-refractivity contribution is 0.0955. The molecule has 7 nitrogen and oxygen atoms in total. The van der Waals surface area contributed by atoms with Crippen molar-refractivity contribution in [2.24, 2.45) is 5.11 Å². The van der Waals surface area contributed by atoms with Crippen molar-refractivity contribution in [1.29, 1.82) is 0 Å². The van der Waals surface area contributed by atoms with E-state index in [-0.39, 0.29) is 18.3 Å². The van der Waals surface area contributed by atoms with Gasteiger partial charge < -0.3 is 10.6 Å². The first-order chi connectivity index (χ1) is 14.3. The van der Waals surface area contributed by atoms with Gasteiger partial charge in [-0.25, -0.2) is 4.98 Å².